The Bertz CT molecular complexity index is 504. The van der Waals surface area contributed by atoms with Gasteiger partial charge in [-0.25, -0.2) is 0 Å². The summed E-state index contributed by atoms with van der Waals surface area (Å²) >= 11 is 0. The molecule has 0 saturated heterocycles. The van der Waals surface area contributed by atoms with Gasteiger partial charge in [0.25, 0.3) is 5.91 Å². The third kappa shape index (κ3) is 2.88. The Morgan fingerprint density at radius 3 is 2.90 bits per heavy atom. The molecule has 108 valence electrons. The van der Waals surface area contributed by atoms with Gasteiger partial charge in [0.05, 0.1) is 0 Å². The molecular formula is C17H24N2O. The van der Waals surface area contributed by atoms with Gasteiger partial charge in [-0.15, -0.1) is 0 Å². The maximum Gasteiger partial charge on any atom is 0.251 e. The Kier molecular flexibility index (Phi) is 3.79. The SMILES string of the molecule is CC1(CNC(=O)c2ccc3c(c2)CNCC3)CCCC1. The summed E-state index contributed by atoms with van der Waals surface area (Å²) in [5.41, 5.74) is 3.76. The Morgan fingerprint density at radius 1 is 1.30 bits per heavy atom. The molecule has 0 aromatic heterocycles. The fourth-order valence-corrected chi connectivity index (χ4v) is 3.42. The molecule has 3 rings (SSSR count). The minimum Gasteiger partial charge on any atom is -0.351 e. The second kappa shape index (κ2) is 5.57. The predicted molar refractivity (Wildman–Crippen MR) is 80.8 cm³/mol. The van der Waals surface area contributed by atoms with Crippen LogP contribution in [0.25, 0.3) is 0 Å². The van der Waals surface area contributed by atoms with E-state index in [1.807, 2.05) is 12.1 Å². The molecule has 1 aliphatic carbocycles. The number of fused-ring (bicyclic) bond motifs is 1. The molecule has 1 fully saturated rings. The van der Waals surface area contributed by atoms with Gasteiger partial charge in [-0.05, 0) is 54.5 Å². The number of nitrogens with one attached hydrogen (secondary N) is 2. The third-order valence-corrected chi connectivity index (χ3v) is 4.84. The van der Waals surface area contributed by atoms with Gasteiger partial charge >= 0.3 is 0 Å². The van der Waals surface area contributed by atoms with Crippen molar-refractivity contribution < 1.29 is 4.79 Å². The zero-order chi connectivity index (χ0) is 14.0. The second-order valence-corrected chi connectivity index (χ2v) is 6.61. The Labute approximate surface area is 121 Å². The average molecular weight is 272 g/mol. The van der Waals surface area contributed by atoms with Gasteiger partial charge in [-0.3, -0.25) is 4.79 Å². The number of carbonyl (C=O) groups excluding carboxylic acids is 1. The van der Waals surface area contributed by atoms with Crippen LogP contribution in [0.15, 0.2) is 18.2 Å². The molecule has 1 aromatic rings. The number of rotatable bonds is 3. The number of hydrogen-bond acceptors (Lipinski definition) is 2. The highest BCUT2D eigenvalue weighted by molar-refractivity contribution is 5.94. The van der Waals surface area contributed by atoms with Gasteiger partial charge < -0.3 is 10.6 Å². The Morgan fingerprint density at radius 2 is 2.10 bits per heavy atom. The van der Waals surface area contributed by atoms with Crippen LogP contribution in [0, 0.1) is 5.41 Å². The van der Waals surface area contributed by atoms with Crippen molar-refractivity contribution in [1.29, 1.82) is 0 Å². The predicted octanol–water partition coefficient (Wildman–Crippen LogP) is 2.64. The minimum atomic E-state index is 0.0755. The lowest BCUT2D eigenvalue weighted by atomic mass is 9.89. The van der Waals surface area contributed by atoms with Gasteiger partial charge in [-0.1, -0.05) is 25.8 Å². The van der Waals surface area contributed by atoms with Crippen molar-refractivity contribution in [2.45, 2.75) is 45.6 Å². The molecule has 0 spiro atoms. The first-order valence-electron chi connectivity index (χ1n) is 7.77. The first-order chi connectivity index (χ1) is 9.66. The van der Waals surface area contributed by atoms with Gasteiger partial charge in [0, 0.05) is 18.7 Å². The van der Waals surface area contributed by atoms with Gasteiger partial charge in [0.1, 0.15) is 0 Å². The maximum atomic E-state index is 12.3. The number of hydrogen-bond donors (Lipinski definition) is 2. The Balaban J connectivity index is 1.65. The van der Waals surface area contributed by atoms with Crippen LogP contribution < -0.4 is 10.6 Å². The van der Waals surface area contributed by atoms with E-state index in [4.69, 9.17) is 0 Å². The molecule has 1 aromatic carbocycles. The van der Waals surface area contributed by atoms with Crippen LogP contribution >= 0.6 is 0 Å². The minimum absolute atomic E-state index is 0.0755. The van der Waals surface area contributed by atoms with E-state index in [1.165, 1.54) is 36.8 Å². The third-order valence-electron chi connectivity index (χ3n) is 4.84. The topological polar surface area (TPSA) is 41.1 Å². The molecule has 20 heavy (non-hydrogen) atoms. The van der Waals surface area contributed by atoms with Gasteiger partial charge in [-0.2, -0.15) is 0 Å². The van der Waals surface area contributed by atoms with E-state index in [0.29, 0.717) is 5.41 Å². The van der Waals surface area contributed by atoms with Crippen molar-refractivity contribution in [3.05, 3.63) is 34.9 Å². The van der Waals surface area contributed by atoms with Crippen molar-refractivity contribution in [3.8, 4) is 0 Å². The summed E-state index contributed by atoms with van der Waals surface area (Å²) in [4.78, 5) is 12.3. The van der Waals surface area contributed by atoms with Crippen LogP contribution in [-0.4, -0.2) is 19.0 Å². The molecule has 1 aliphatic heterocycles. The fourth-order valence-electron chi connectivity index (χ4n) is 3.42. The molecule has 0 radical (unpaired) electrons. The highest BCUT2D eigenvalue weighted by Gasteiger charge is 2.29. The molecule has 0 bridgehead atoms. The van der Waals surface area contributed by atoms with Crippen LogP contribution in [-0.2, 0) is 13.0 Å². The zero-order valence-electron chi connectivity index (χ0n) is 12.3. The number of carbonyl (C=O) groups is 1. The molecule has 0 atom stereocenters. The van der Waals surface area contributed by atoms with Crippen LogP contribution in [0.2, 0.25) is 0 Å². The van der Waals surface area contributed by atoms with Crippen LogP contribution in [0.4, 0.5) is 0 Å². The fraction of sp³-hybridized carbons (Fsp3) is 0.588. The molecule has 1 amide bonds. The van der Waals surface area contributed by atoms with Crippen LogP contribution in [0.5, 0.6) is 0 Å². The summed E-state index contributed by atoms with van der Waals surface area (Å²) < 4.78 is 0. The van der Waals surface area contributed by atoms with Crippen LogP contribution in [0.3, 0.4) is 0 Å². The largest absolute Gasteiger partial charge is 0.351 e. The number of amides is 1. The van der Waals surface area contributed by atoms with E-state index in [1.54, 1.807) is 0 Å². The molecule has 0 unspecified atom stereocenters. The lowest BCUT2D eigenvalue weighted by Crippen LogP contribution is -2.34. The molecule has 3 nitrogen and oxygen atoms in total. The maximum absolute atomic E-state index is 12.3. The van der Waals surface area contributed by atoms with E-state index >= 15 is 0 Å². The summed E-state index contributed by atoms with van der Waals surface area (Å²) in [6.07, 6.45) is 6.14. The molecule has 3 heteroatoms. The lowest BCUT2D eigenvalue weighted by Gasteiger charge is -2.24. The van der Waals surface area contributed by atoms with E-state index in [0.717, 1.165) is 31.6 Å². The van der Waals surface area contributed by atoms with Gasteiger partial charge in [0.2, 0.25) is 0 Å². The highest BCUT2D eigenvalue weighted by Crippen LogP contribution is 2.36. The summed E-state index contributed by atoms with van der Waals surface area (Å²) in [6, 6.07) is 6.13. The van der Waals surface area contributed by atoms with E-state index in [2.05, 4.69) is 23.6 Å². The van der Waals surface area contributed by atoms with Crippen molar-refractivity contribution in [2.75, 3.05) is 13.1 Å². The summed E-state index contributed by atoms with van der Waals surface area (Å²) in [5.74, 6) is 0.0755. The molecule has 2 aliphatic rings. The highest BCUT2D eigenvalue weighted by atomic mass is 16.1. The van der Waals surface area contributed by atoms with E-state index in [-0.39, 0.29) is 5.91 Å². The van der Waals surface area contributed by atoms with E-state index < -0.39 is 0 Å². The zero-order valence-corrected chi connectivity index (χ0v) is 12.3. The number of benzene rings is 1. The van der Waals surface area contributed by atoms with Crippen molar-refractivity contribution >= 4 is 5.91 Å². The molecule has 1 saturated carbocycles. The van der Waals surface area contributed by atoms with E-state index in [9.17, 15) is 4.79 Å². The second-order valence-electron chi connectivity index (χ2n) is 6.61. The summed E-state index contributed by atoms with van der Waals surface area (Å²) in [6.45, 7) is 5.02. The standard InChI is InChI=1S/C17H24N2O/c1-17(7-2-3-8-17)12-19-16(20)14-5-4-13-6-9-18-11-15(13)10-14/h4-5,10,18H,2-3,6-9,11-12H2,1H3,(H,19,20). The van der Waals surface area contributed by atoms with Crippen molar-refractivity contribution in [3.63, 3.8) is 0 Å². The summed E-state index contributed by atoms with van der Waals surface area (Å²) in [5, 5.41) is 6.49. The first kappa shape index (κ1) is 13.6. The summed E-state index contributed by atoms with van der Waals surface area (Å²) in [7, 11) is 0. The average Bonchev–Trinajstić information content (AvgIpc) is 2.91. The molecule has 1 heterocycles. The van der Waals surface area contributed by atoms with Gasteiger partial charge in [0.15, 0.2) is 0 Å². The molecular weight excluding hydrogens is 248 g/mol. The lowest BCUT2D eigenvalue weighted by molar-refractivity contribution is 0.0934. The normalized spacial score (nSPS) is 20.4. The first-order valence-corrected chi connectivity index (χ1v) is 7.77. The van der Waals surface area contributed by atoms with Crippen molar-refractivity contribution in [1.82, 2.24) is 10.6 Å². The molecule has 2 N–H and O–H groups in total. The quantitative estimate of drug-likeness (QED) is 0.888. The monoisotopic (exact) mass is 272 g/mol. The van der Waals surface area contributed by atoms with Crippen LogP contribution in [0.1, 0.15) is 54.1 Å². The smallest absolute Gasteiger partial charge is 0.251 e. The van der Waals surface area contributed by atoms with Crippen molar-refractivity contribution in [2.24, 2.45) is 5.41 Å². The Hall–Kier alpha value is -1.35.